The third kappa shape index (κ3) is 1.46. The van der Waals surface area contributed by atoms with Gasteiger partial charge in [0.25, 0.3) is 0 Å². The summed E-state index contributed by atoms with van der Waals surface area (Å²) in [7, 11) is -1.56. The van der Waals surface area contributed by atoms with E-state index in [0.717, 1.165) is 0 Å². The molecule has 0 amide bonds. The van der Waals surface area contributed by atoms with Crippen LogP contribution in [0.15, 0.2) is 24.5 Å². The first-order valence-corrected chi connectivity index (χ1v) is 4.33. The second-order valence-electron chi connectivity index (χ2n) is 2.76. The maximum atomic E-state index is 9.06. The molecule has 6 heteroatoms. The lowest BCUT2D eigenvalue weighted by atomic mass is 9.79. The SMILES string of the molecule is OB(O)c1ccc(Cl)c2nccnc12. The summed E-state index contributed by atoms with van der Waals surface area (Å²) in [4.78, 5) is 8.00. The Morgan fingerprint density at radius 2 is 1.71 bits per heavy atom. The molecule has 2 aromatic rings. The number of rotatable bonds is 1. The molecule has 0 fully saturated rings. The molecule has 14 heavy (non-hydrogen) atoms. The molecule has 0 unspecified atom stereocenters. The van der Waals surface area contributed by atoms with Gasteiger partial charge in [0.05, 0.1) is 10.5 Å². The molecule has 0 aliphatic carbocycles. The molecule has 0 aliphatic rings. The van der Waals surface area contributed by atoms with Gasteiger partial charge in [0, 0.05) is 17.9 Å². The van der Waals surface area contributed by atoms with Gasteiger partial charge in [-0.05, 0) is 6.07 Å². The fourth-order valence-corrected chi connectivity index (χ4v) is 1.45. The fourth-order valence-electron chi connectivity index (χ4n) is 1.25. The number of benzene rings is 1. The van der Waals surface area contributed by atoms with Crippen molar-refractivity contribution in [2.24, 2.45) is 0 Å². The first-order chi connectivity index (χ1) is 6.70. The summed E-state index contributed by atoms with van der Waals surface area (Å²) < 4.78 is 0. The van der Waals surface area contributed by atoms with Crippen LogP contribution >= 0.6 is 11.6 Å². The van der Waals surface area contributed by atoms with E-state index in [4.69, 9.17) is 21.6 Å². The Morgan fingerprint density at radius 1 is 1.07 bits per heavy atom. The average molecular weight is 208 g/mol. The number of fused-ring (bicyclic) bond motifs is 1. The number of halogens is 1. The largest absolute Gasteiger partial charge is 0.490 e. The smallest absolute Gasteiger partial charge is 0.423 e. The molecule has 0 saturated carbocycles. The van der Waals surface area contributed by atoms with E-state index < -0.39 is 7.12 Å². The Balaban J connectivity index is 2.82. The molecular weight excluding hydrogens is 202 g/mol. The van der Waals surface area contributed by atoms with Crippen molar-refractivity contribution in [1.29, 1.82) is 0 Å². The Labute approximate surface area is 85.3 Å². The Hall–Kier alpha value is -1.17. The molecule has 2 rings (SSSR count). The van der Waals surface area contributed by atoms with E-state index in [-0.39, 0.29) is 0 Å². The van der Waals surface area contributed by atoms with E-state index in [9.17, 15) is 0 Å². The number of hydrogen-bond acceptors (Lipinski definition) is 4. The molecule has 0 saturated heterocycles. The minimum Gasteiger partial charge on any atom is -0.423 e. The van der Waals surface area contributed by atoms with Crippen molar-refractivity contribution in [2.75, 3.05) is 0 Å². The van der Waals surface area contributed by atoms with Gasteiger partial charge in [-0.2, -0.15) is 0 Å². The maximum absolute atomic E-state index is 9.06. The van der Waals surface area contributed by atoms with Crippen molar-refractivity contribution in [3.63, 3.8) is 0 Å². The highest BCUT2D eigenvalue weighted by atomic mass is 35.5. The van der Waals surface area contributed by atoms with E-state index in [1.54, 1.807) is 6.07 Å². The zero-order valence-electron chi connectivity index (χ0n) is 7.05. The van der Waals surface area contributed by atoms with Gasteiger partial charge in [0.15, 0.2) is 0 Å². The van der Waals surface area contributed by atoms with Crippen LogP contribution in [0.4, 0.5) is 0 Å². The standard InChI is InChI=1S/C8H6BClN2O2/c10-6-2-1-5(9(13)14)7-8(6)12-4-3-11-7/h1-4,13-14H. The number of aromatic nitrogens is 2. The molecule has 0 atom stereocenters. The van der Waals surface area contributed by atoms with Crippen molar-refractivity contribution < 1.29 is 10.0 Å². The minimum atomic E-state index is -1.56. The molecule has 70 valence electrons. The quantitative estimate of drug-likeness (QED) is 0.646. The number of nitrogens with zero attached hydrogens (tertiary/aromatic N) is 2. The highest BCUT2D eigenvalue weighted by molar-refractivity contribution is 6.62. The molecule has 0 spiro atoms. The van der Waals surface area contributed by atoms with Gasteiger partial charge in [-0.15, -0.1) is 0 Å². The lowest BCUT2D eigenvalue weighted by Crippen LogP contribution is -2.31. The molecule has 1 aromatic carbocycles. The molecule has 4 nitrogen and oxygen atoms in total. The van der Waals surface area contributed by atoms with Crippen molar-refractivity contribution in [2.45, 2.75) is 0 Å². The third-order valence-corrected chi connectivity index (χ3v) is 2.19. The summed E-state index contributed by atoms with van der Waals surface area (Å²) in [6.07, 6.45) is 2.98. The van der Waals surface area contributed by atoms with E-state index in [1.165, 1.54) is 18.5 Å². The van der Waals surface area contributed by atoms with Crippen molar-refractivity contribution >= 4 is 35.2 Å². The van der Waals surface area contributed by atoms with E-state index >= 15 is 0 Å². The second-order valence-corrected chi connectivity index (χ2v) is 3.17. The summed E-state index contributed by atoms with van der Waals surface area (Å²) in [6, 6.07) is 3.08. The molecule has 0 radical (unpaired) electrons. The highest BCUT2D eigenvalue weighted by Gasteiger charge is 2.17. The van der Waals surface area contributed by atoms with Gasteiger partial charge in [-0.1, -0.05) is 17.7 Å². The number of hydrogen-bond donors (Lipinski definition) is 2. The van der Waals surface area contributed by atoms with Gasteiger partial charge in [0.2, 0.25) is 0 Å². The molecule has 1 heterocycles. The van der Waals surface area contributed by atoms with Crippen molar-refractivity contribution in [3.8, 4) is 0 Å². The predicted octanol–water partition coefficient (Wildman–Crippen LogP) is -0.0370. The first-order valence-electron chi connectivity index (χ1n) is 3.95. The summed E-state index contributed by atoms with van der Waals surface area (Å²) in [5.41, 5.74) is 1.19. The van der Waals surface area contributed by atoms with E-state index in [1.807, 2.05) is 0 Å². The van der Waals surface area contributed by atoms with Crippen molar-refractivity contribution in [1.82, 2.24) is 9.97 Å². The predicted molar refractivity (Wildman–Crippen MR) is 54.4 cm³/mol. The summed E-state index contributed by atoms with van der Waals surface area (Å²) in [5.74, 6) is 0. The fraction of sp³-hybridized carbons (Fsp3) is 0. The zero-order chi connectivity index (χ0) is 10.1. The highest BCUT2D eigenvalue weighted by Crippen LogP contribution is 2.17. The van der Waals surface area contributed by atoms with Gasteiger partial charge in [-0.3, -0.25) is 9.97 Å². The molecular formula is C8H6BClN2O2. The van der Waals surface area contributed by atoms with E-state index in [2.05, 4.69) is 9.97 Å². The van der Waals surface area contributed by atoms with Crippen LogP contribution < -0.4 is 5.46 Å². The Morgan fingerprint density at radius 3 is 2.36 bits per heavy atom. The molecule has 2 N–H and O–H groups in total. The maximum Gasteiger partial charge on any atom is 0.490 e. The monoisotopic (exact) mass is 208 g/mol. The minimum absolute atomic E-state index is 0.303. The van der Waals surface area contributed by atoms with Crippen LogP contribution in [0.3, 0.4) is 0 Å². The van der Waals surface area contributed by atoms with Crippen LogP contribution in [0.2, 0.25) is 5.02 Å². The van der Waals surface area contributed by atoms with Crippen LogP contribution in [0, 0.1) is 0 Å². The Kier molecular flexibility index (Phi) is 2.37. The average Bonchev–Trinajstić information content (AvgIpc) is 2.18. The molecule has 0 aliphatic heterocycles. The van der Waals surface area contributed by atoms with Crippen LogP contribution in [-0.4, -0.2) is 27.1 Å². The summed E-state index contributed by atoms with van der Waals surface area (Å²) in [5, 5.41) is 18.6. The zero-order valence-corrected chi connectivity index (χ0v) is 7.81. The van der Waals surface area contributed by atoms with E-state index in [0.29, 0.717) is 21.5 Å². The van der Waals surface area contributed by atoms with Crippen LogP contribution in [0.1, 0.15) is 0 Å². The molecule has 0 bridgehead atoms. The second kappa shape index (κ2) is 3.53. The lowest BCUT2D eigenvalue weighted by molar-refractivity contribution is 0.426. The van der Waals surface area contributed by atoms with Gasteiger partial charge in [-0.25, -0.2) is 0 Å². The molecule has 1 aromatic heterocycles. The van der Waals surface area contributed by atoms with Gasteiger partial charge >= 0.3 is 7.12 Å². The summed E-state index contributed by atoms with van der Waals surface area (Å²) >= 11 is 5.87. The normalized spacial score (nSPS) is 10.5. The Bertz CT molecular complexity index is 478. The third-order valence-electron chi connectivity index (χ3n) is 1.89. The first kappa shape index (κ1) is 9.39. The van der Waals surface area contributed by atoms with Gasteiger partial charge < -0.3 is 10.0 Å². The van der Waals surface area contributed by atoms with Crippen LogP contribution in [-0.2, 0) is 0 Å². The van der Waals surface area contributed by atoms with Gasteiger partial charge in [0.1, 0.15) is 5.52 Å². The summed E-state index contributed by atoms with van der Waals surface area (Å²) in [6.45, 7) is 0. The van der Waals surface area contributed by atoms with Crippen LogP contribution in [0.5, 0.6) is 0 Å². The topological polar surface area (TPSA) is 66.2 Å². The lowest BCUT2D eigenvalue weighted by Gasteiger charge is -2.04. The van der Waals surface area contributed by atoms with Crippen molar-refractivity contribution in [3.05, 3.63) is 29.5 Å². The van der Waals surface area contributed by atoms with Crippen LogP contribution in [0.25, 0.3) is 11.0 Å².